The van der Waals surface area contributed by atoms with Crippen LogP contribution in [0.4, 0.5) is 5.82 Å². The van der Waals surface area contributed by atoms with Gasteiger partial charge in [-0.05, 0) is 56.6 Å². The normalized spacial score (nSPS) is 23.5. The maximum Gasteiger partial charge on any atom is 0.251 e. The third kappa shape index (κ3) is 6.74. The second kappa shape index (κ2) is 13.2. The van der Waals surface area contributed by atoms with Crippen molar-refractivity contribution in [3.63, 3.8) is 0 Å². The Labute approximate surface area is 273 Å². The van der Waals surface area contributed by atoms with Crippen molar-refractivity contribution < 1.29 is 17.7 Å². The Balaban J connectivity index is 1.24. The van der Waals surface area contributed by atoms with Crippen LogP contribution in [0.25, 0.3) is 0 Å². The number of aromatic nitrogens is 2. The predicted octanol–water partition coefficient (Wildman–Crippen LogP) is 2.64. The molecule has 0 aromatic carbocycles. The summed E-state index contributed by atoms with van der Waals surface area (Å²) in [5, 5.41) is 19.2. The van der Waals surface area contributed by atoms with Gasteiger partial charge in [0.25, 0.3) is 5.91 Å². The molecule has 15 heteroatoms. The summed E-state index contributed by atoms with van der Waals surface area (Å²) in [6.45, 7) is 11.6. The summed E-state index contributed by atoms with van der Waals surface area (Å²) in [6.07, 6.45) is 7.10. The number of carbonyl (C=O) groups excluding carboxylic acids is 1. The molecule has 0 saturated carbocycles. The van der Waals surface area contributed by atoms with Gasteiger partial charge in [-0.3, -0.25) is 20.0 Å². The minimum atomic E-state index is -3.61. The van der Waals surface area contributed by atoms with Crippen LogP contribution < -0.4 is 20.3 Å². The number of hydrogen-bond donors (Lipinski definition) is 3. The summed E-state index contributed by atoms with van der Waals surface area (Å²) in [4.78, 5) is 24.2. The highest BCUT2D eigenvalue weighted by molar-refractivity contribution is 7.88. The molecule has 3 aliphatic rings. The van der Waals surface area contributed by atoms with Gasteiger partial charge in [-0.25, -0.2) is 18.1 Å². The van der Waals surface area contributed by atoms with Crippen molar-refractivity contribution in [2.24, 2.45) is 5.10 Å². The van der Waals surface area contributed by atoms with Crippen molar-refractivity contribution in [1.29, 1.82) is 0 Å². The lowest BCUT2D eigenvalue weighted by molar-refractivity contribution is 0.0937. The van der Waals surface area contributed by atoms with Crippen LogP contribution in [0.5, 0.6) is 0 Å². The number of hydrogen-bond acceptors (Lipinski definition) is 12. The molecular formula is C31H41N9O4S2. The van der Waals surface area contributed by atoms with Crippen LogP contribution in [0.15, 0.2) is 63.9 Å². The third-order valence-corrected chi connectivity index (χ3v) is 11.2. The zero-order valence-corrected chi connectivity index (χ0v) is 28.1. The molecule has 1 fully saturated rings. The van der Waals surface area contributed by atoms with Crippen molar-refractivity contribution in [2.75, 3.05) is 37.6 Å². The first kappa shape index (κ1) is 32.3. The number of sulfonamides is 1. The summed E-state index contributed by atoms with van der Waals surface area (Å²) in [7, 11) is -3.61. The number of nitrogens with one attached hydrogen (secondary N) is 3. The number of hydrazone groups is 1. The SMILES string of the molecule is CCN(CC)[C@@H](C)CNC(=O)c1cc(N2CC(NS(=O)(=O)Cc3ccon3)C2)nc([C@]2(C)C=NN3C=CC(c4cccs4)NC32)c1. The average molecular weight is 668 g/mol. The molecule has 3 aliphatic heterocycles. The number of rotatable bonds is 13. The van der Waals surface area contributed by atoms with E-state index in [4.69, 9.17) is 9.51 Å². The van der Waals surface area contributed by atoms with Crippen LogP contribution in [0.3, 0.4) is 0 Å². The van der Waals surface area contributed by atoms with Crippen molar-refractivity contribution >= 4 is 39.3 Å². The second-order valence-electron chi connectivity index (χ2n) is 12.2. The van der Waals surface area contributed by atoms with E-state index in [2.05, 4.69) is 75.7 Å². The number of thiophene rings is 1. The molecule has 6 rings (SSSR count). The second-order valence-corrected chi connectivity index (χ2v) is 14.9. The highest BCUT2D eigenvalue weighted by Crippen LogP contribution is 2.38. The minimum absolute atomic E-state index is 0.0243. The largest absolute Gasteiger partial charge is 0.364 e. The molecule has 0 radical (unpaired) electrons. The van der Waals surface area contributed by atoms with Gasteiger partial charge in [0.05, 0.1) is 28.9 Å². The molecule has 3 N–H and O–H groups in total. The molecule has 1 amide bonds. The first-order chi connectivity index (χ1) is 22.1. The minimum Gasteiger partial charge on any atom is -0.364 e. The molecule has 0 aliphatic carbocycles. The van der Waals surface area contributed by atoms with Crippen LogP contribution in [0.1, 0.15) is 60.4 Å². The van der Waals surface area contributed by atoms with Gasteiger partial charge < -0.3 is 14.7 Å². The van der Waals surface area contributed by atoms with Crippen LogP contribution in [0, 0.1) is 0 Å². The van der Waals surface area contributed by atoms with Crippen LogP contribution in [-0.2, 0) is 21.2 Å². The topological polar surface area (TPSA) is 148 Å². The summed E-state index contributed by atoms with van der Waals surface area (Å²) in [6, 6.07) is 9.23. The fraction of sp³-hybridized carbons (Fsp3) is 0.484. The first-order valence-corrected chi connectivity index (χ1v) is 18.1. The van der Waals surface area contributed by atoms with Gasteiger partial charge in [0.15, 0.2) is 0 Å². The monoisotopic (exact) mass is 667 g/mol. The zero-order chi connectivity index (χ0) is 32.5. The van der Waals surface area contributed by atoms with E-state index >= 15 is 0 Å². The summed E-state index contributed by atoms with van der Waals surface area (Å²) in [5.74, 6) is 0.172. The van der Waals surface area contributed by atoms with E-state index in [-0.39, 0.29) is 36.0 Å². The first-order valence-electron chi connectivity index (χ1n) is 15.6. The lowest BCUT2D eigenvalue weighted by Gasteiger charge is -2.41. The van der Waals surface area contributed by atoms with E-state index in [1.807, 2.05) is 34.5 Å². The van der Waals surface area contributed by atoms with Crippen LogP contribution >= 0.6 is 11.3 Å². The number of anilines is 1. The number of carbonyl (C=O) groups is 1. The molecule has 4 atom stereocenters. The Hall–Kier alpha value is -3.63. The van der Waals surface area contributed by atoms with Crippen molar-refractivity contribution in [2.45, 2.75) is 63.2 Å². The van der Waals surface area contributed by atoms with E-state index < -0.39 is 15.4 Å². The van der Waals surface area contributed by atoms with E-state index in [0.717, 1.165) is 13.1 Å². The van der Waals surface area contributed by atoms with Crippen LogP contribution in [-0.4, -0.2) is 91.6 Å². The van der Waals surface area contributed by atoms with E-state index in [0.29, 0.717) is 42.4 Å². The summed E-state index contributed by atoms with van der Waals surface area (Å²) >= 11 is 1.69. The third-order valence-electron chi connectivity index (χ3n) is 8.91. The Morgan fingerprint density at radius 1 is 1.26 bits per heavy atom. The van der Waals surface area contributed by atoms with Gasteiger partial charge >= 0.3 is 0 Å². The highest BCUT2D eigenvalue weighted by Gasteiger charge is 2.46. The molecule has 46 heavy (non-hydrogen) atoms. The molecule has 6 heterocycles. The molecule has 13 nitrogen and oxygen atoms in total. The highest BCUT2D eigenvalue weighted by atomic mass is 32.2. The fourth-order valence-corrected chi connectivity index (χ4v) is 8.21. The summed E-state index contributed by atoms with van der Waals surface area (Å²) < 4.78 is 32.9. The summed E-state index contributed by atoms with van der Waals surface area (Å²) in [5.41, 5.74) is 0.877. The molecule has 3 aromatic rings. The van der Waals surface area contributed by atoms with Crippen molar-refractivity contribution in [3.05, 3.63) is 76.1 Å². The van der Waals surface area contributed by atoms with Crippen molar-refractivity contribution in [3.8, 4) is 0 Å². The zero-order valence-electron chi connectivity index (χ0n) is 26.5. The fourth-order valence-electron chi connectivity index (χ4n) is 6.17. The molecule has 246 valence electrons. The number of nitrogens with zero attached hydrogens (tertiary/aromatic N) is 6. The van der Waals surface area contributed by atoms with E-state index in [1.165, 1.54) is 17.2 Å². The van der Waals surface area contributed by atoms with Gasteiger partial charge in [0.1, 0.15) is 24.0 Å². The molecule has 3 aromatic heterocycles. The smallest absolute Gasteiger partial charge is 0.251 e. The number of fused-ring (bicyclic) bond motifs is 1. The lowest BCUT2D eigenvalue weighted by Crippen LogP contribution is -2.60. The van der Waals surface area contributed by atoms with Gasteiger partial charge in [-0.1, -0.05) is 25.1 Å². The van der Waals surface area contributed by atoms with Gasteiger partial charge in [0, 0.05) is 54.6 Å². The van der Waals surface area contributed by atoms with E-state index in [9.17, 15) is 13.2 Å². The Morgan fingerprint density at radius 3 is 2.76 bits per heavy atom. The quantitative estimate of drug-likeness (QED) is 0.249. The maximum absolute atomic E-state index is 13.6. The molecule has 0 spiro atoms. The van der Waals surface area contributed by atoms with Gasteiger partial charge in [-0.2, -0.15) is 5.10 Å². The Bertz CT molecular complexity index is 1670. The van der Waals surface area contributed by atoms with Gasteiger partial charge in [-0.15, -0.1) is 11.3 Å². The molecule has 1 saturated heterocycles. The molecule has 2 unspecified atom stereocenters. The Kier molecular flexibility index (Phi) is 9.30. The van der Waals surface area contributed by atoms with Crippen LogP contribution in [0.2, 0.25) is 0 Å². The standard InChI is InChI=1S/C31H41N9O4S2/c1-5-38(6-2)21(3)16-32-29(41)22-14-27(31(4)20-33-40-11-9-25(34-30(31)40)26-8-7-13-45-26)35-28(15-22)39-17-24(18-39)37-46(42,43)19-23-10-12-44-36-23/h7-15,20-21,24-25,30,34,37H,5-6,16-19H2,1-4H3,(H,32,41)/t21-,25?,30?,31-/m0/s1. The number of pyridine rings is 1. The maximum atomic E-state index is 13.6. The predicted molar refractivity (Wildman–Crippen MR) is 178 cm³/mol. The number of amides is 1. The molecule has 0 bridgehead atoms. The van der Waals surface area contributed by atoms with Gasteiger partial charge in [0.2, 0.25) is 10.0 Å². The Morgan fingerprint density at radius 2 is 2.07 bits per heavy atom. The van der Waals surface area contributed by atoms with Crippen molar-refractivity contribution in [1.82, 2.24) is 35.4 Å². The average Bonchev–Trinajstić information content (AvgIpc) is 3.81. The number of likely N-dealkylation sites (N-methyl/N-ethyl adjacent to an activating group) is 1. The van der Waals surface area contributed by atoms with E-state index in [1.54, 1.807) is 17.4 Å². The molecular weight excluding hydrogens is 627 g/mol. The lowest BCUT2D eigenvalue weighted by atomic mass is 9.83.